The van der Waals surface area contributed by atoms with E-state index in [0.29, 0.717) is 31.8 Å². The van der Waals surface area contributed by atoms with Gasteiger partial charge in [-0.3, -0.25) is 9.78 Å². The highest BCUT2D eigenvalue weighted by molar-refractivity contribution is 6.38. The van der Waals surface area contributed by atoms with Crippen LogP contribution in [0.15, 0.2) is 24.4 Å². The van der Waals surface area contributed by atoms with Crippen molar-refractivity contribution in [2.75, 3.05) is 26.3 Å². The molecule has 0 aliphatic carbocycles. The second-order valence-corrected chi connectivity index (χ2v) is 5.50. The second kappa shape index (κ2) is 6.45. The number of nitrogens with zero attached hydrogens (tertiary/aromatic N) is 2. The summed E-state index contributed by atoms with van der Waals surface area (Å²) in [6, 6.07) is 3.61. The molecule has 0 unspecified atom stereocenters. The third-order valence-corrected chi connectivity index (χ3v) is 3.94. The van der Waals surface area contributed by atoms with Gasteiger partial charge < -0.3 is 14.4 Å². The van der Waals surface area contributed by atoms with Crippen LogP contribution in [0.4, 0.5) is 13.2 Å². The molecule has 1 aliphatic rings. The standard InChI is InChI=1S/C15H12ClF3N2O3/c16-13-10-7-9(24-15(17,18)19)1-2-12(10)20-8-11(13)14(22)21-3-5-23-6-4-21/h1-2,7-8H,3-6H2. The van der Waals surface area contributed by atoms with Crippen LogP contribution < -0.4 is 4.74 Å². The number of hydrogen-bond acceptors (Lipinski definition) is 4. The van der Waals surface area contributed by atoms with E-state index in [1.165, 1.54) is 12.3 Å². The minimum atomic E-state index is -4.81. The van der Waals surface area contributed by atoms with Gasteiger partial charge >= 0.3 is 6.36 Å². The first kappa shape index (κ1) is 16.8. The molecule has 1 amide bonds. The lowest BCUT2D eigenvalue weighted by atomic mass is 10.1. The Morgan fingerprint density at radius 1 is 1.29 bits per heavy atom. The molecule has 9 heteroatoms. The molecule has 1 aliphatic heterocycles. The molecule has 2 heterocycles. The SMILES string of the molecule is O=C(c1cnc2ccc(OC(F)(F)F)cc2c1Cl)N1CCOCC1. The van der Waals surface area contributed by atoms with Crippen molar-refractivity contribution in [2.24, 2.45) is 0 Å². The molecule has 0 spiro atoms. The van der Waals surface area contributed by atoms with Crippen molar-refractivity contribution in [3.05, 3.63) is 35.0 Å². The molecule has 1 saturated heterocycles. The molecular weight excluding hydrogens is 349 g/mol. The number of pyridine rings is 1. The molecule has 5 nitrogen and oxygen atoms in total. The molecule has 0 saturated carbocycles. The van der Waals surface area contributed by atoms with Gasteiger partial charge in [0.15, 0.2) is 0 Å². The predicted octanol–water partition coefficient (Wildman–Crippen LogP) is 3.26. The van der Waals surface area contributed by atoms with Gasteiger partial charge in [0.1, 0.15) is 5.75 Å². The smallest absolute Gasteiger partial charge is 0.406 e. The third-order valence-electron chi connectivity index (χ3n) is 3.54. The van der Waals surface area contributed by atoms with Crippen molar-refractivity contribution >= 4 is 28.4 Å². The molecule has 1 aromatic carbocycles. The number of aromatic nitrogens is 1. The number of halogens is 4. The monoisotopic (exact) mass is 360 g/mol. The Balaban J connectivity index is 1.97. The lowest BCUT2D eigenvalue weighted by molar-refractivity contribution is -0.274. The number of hydrogen-bond donors (Lipinski definition) is 0. The number of morpholine rings is 1. The molecule has 24 heavy (non-hydrogen) atoms. The quantitative estimate of drug-likeness (QED) is 0.825. The van der Waals surface area contributed by atoms with Gasteiger partial charge in [0.2, 0.25) is 0 Å². The van der Waals surface area contributed by atoms with E-state index in [1.54, 1.807) is 4.90 Å². The van der Waals surface area contributed by atoms with Crippen molar-refractivity contribution in [1.29, 1.82) is 0 Å². The van der Waals surface area contributed by atoms with Crippen molar-refractivity contribution in [1.82, 2.24) is 9.88 Å². The Morgan fingerprint density at radius 2 is 2.00 bits per heavy atom. The Bertz CT molecular complexity index is 776. The predicted molar refractivity (Wildman–Crippen MR) is 80.2 cm³/mol. The van der Waals surface area contributed by atoms with E-state index in [0.717, 1.165) is 12.1 Å². The van der Waals surface area contributed by atoms with Gasteiger partial charge in [-0.2, -0.15) is 0 Å². The van der Waals surface area contributed by atoms with Crippen LogP contribution in [0.1, 0.15) is 10.4 Å². The number of carbonyl (C=O) groups excluding carboxylic acids is 1. The number of fused-ring (bicyclic) bond motifs is 1. The molecular formula is C15H12ClF3N2O3. The van der Waals surface area contributed by atoms with Gasteiger partial charge in [0.05, 0.1) is 29.3 Å². The van der Waals surface area contributed by atoms with Crippen LogP contribution in [0.5, 0.6) is 5.75 Å². The van der Waals surface area contributed by atoms with Crippen LogP contribution in [0.3, 0.4) is 0 Å². The summed E-state index contributed by atoms with van der Waals surface area (Å²) in [7, 11) is 0. The lowest BCUT2D eigenvalue weighted by Crippen LogP contribution is -2.40. The summed E-state index contributed by atoms with van der Waals surface area (Å²) in [5.41, 5.74) is 0.503. The summed E-state index contributed by atoms with van der Waals surface area (Å²) >= 11 is 6.24. The summed E-state index contributed by atoms with van der Waals surface area (Å²) in [6.45, 7) is 1.69. The Kier molecular flexibility index (Phi) is 4.51. The first-order chi connectivity index (χ1) is 11.3. The summed E-state index contributed by atoms with van der Waals surface area (Å²) in [6.07, 6.45) is -3.48. The Hall–Kier alpha value is -2.06. The summed E-state index contributed by atoms with van der Waals surface area (Å²) in [5.74, 6) is -0.755. The Morgan fingerprint density at radius 3 is 2.67 bits per heavy atom. The van der Waals surface area contributed by atoms with E-state index >= 15 is 0 Å². The number of rotatable bonds is 2. The maximum Gasteiger partial charge on any atom is 0.573 e. The zero-order valence-electron chi connectivity index (χ0n) is 12.3. The van der Waals surface area contributed by atoms with Crippen LogP contribution in [-0.2, 0) is 4.74 Å². The van der Waals surface area contributed by atoms with Gasteiger partial charge in [-0.05, 0) is 18.2 Å². The van der Waals surface area contributed by atoms with Crippen LogP contribution in [0.2, 0.25) is 5.02 Å². The molecule has 2 aromatic rings. The molecule has 0 bridgehead atoms. The van der Waals surface area contributed by atoms with Crippen molar-refractivity contribution in [3.63, 3.8) is 0 Å². The maximum atomic E-state index is 12.5. The molecule has 0 atom stereocenters. The summed E-state index contributed by atoms with van der Waals surface area (Å²) in [4.78, 5) is 18.2. The van der Waals surface area contributed by atoms with Gasteiger partial charge in [0.25, 0.3) is 5.91 Å². The molecule has 0 radical (unpaired) electrons. The van der Waals surface area contributed by atoms with Gasteiger partial charge in [-0.1, -0.05) is 11.6 Å². The normalized spacial score (nSPS) is 15.6. The van der Waals surface area contributed by atoms with Crippen LogP contribution in [0.25, 0.3) is 10.9 Å². The fraction of sp³-hybridized carbons (Fsp3) is 0.333. The molecule has 1 aromatic heterocycles. The first-order valence-corrected chi connectivity index (χ1v) is 7.44. The van der Waals surface area contributed by atoms with E-state index < -0.39 is 12.1 Å². The van der Waals surface area contributed by atoms with Crippen LogP contribution in [0, 0.1) is 0 Å². The summed E-state index contributed by atoms with van der Waals surface area (Å²) in [5, 5.41) is 0.265. The number of carbonyl (C=O) groups is 1. The van der Waals surface area contributed by atoms with Crippen molar-refractivity contribution < 1.29 is 27.4 Å². The minimum Gasteiger partial charge on any atom is -0.406 e. The molecule has 0 N–H and O–H groups in total. The fourth-order valence-corrected chi connectivity index (χ4v) is 2.70. The second-order valence-electron chi connectivity index (χ2n) is 5.12. The van der Waals surface area contributed by atoms with Crippen molar-refractivity contribution in [2.45, 2.75) is 6.36 Å². The average Bonchev–Trinajstić information content (AvgIpc) is 2.54. The molecule has 128 valence electrons. The minimum absolute atomic E-state index is 0.0455. The lowest BCUT2D eigenvalue weighted by Gasteiger charge is -2.27. The number of benzene rings is 1. The highest BCUT2D eigenvalue weighted by atomic mass is 35.5. The zero-order chi connectivity index (χ0) is 17.3. The number of ether oxygens (including phenoxy) is 2. The van der Waals surface area contributed by atoms with E-state index in [9.17, 15) is 18.0 Å². The first-order valence-electron chi connectivity index (χ1n) is 7.06. The topological polar surface area (TPSA) is 51.7 Å². The largest absolute Gasteiger partial charge is 0.573 e. The Labute approximate surface area is 139 Å². The van der Waals surface area contributed by atoms with E-state index in [1.807, 2.05) is 0 Å². The zero-order valence-corrected chi connectivity index (χ0v) is 13.0. The van der Waals surface area contributed by atoms with Crippen LogP contribution >= 0.6 is 11.6 Å². The third kappa shape index (κ3) is 3.54. The highest BCUT2D eigenvalue weighted by Gasteiger charge is 2.31. The highest BCUT2D eigenvalue weighted by Crippen LogP contribution is 2.31. The van der Waals surface area contributed by atoms with Crippen molar-refractivity contribution in [3.8, 4) is 5.75 Å². The number of alkyl halides is 3. The van der Waals surface area contributed by atoms with E-state index in [-0.39, 0.29) is 21.9 Å². The van der Waals surface area contributed by atoms with E-state index in [4.69, 9.17) is 16.3 Å². The van der Waals surface area contributed by atoms with Crippen LogP contribution in [-0.4, -0.2) is 48.5 Å². The maximum absolute atomic E-state index is 12.5. The van der Waals surface area contributed by atoms with Gasteiger partial charge in [-0.25, -0.2) is 0 Å². The number of amides is 1. The summed E-state index contributed by atoms with van der Waals surface area (Å²) < 4.78 is 46.1. The van der Waals surface area contributed by atoms with Gasteiger partial charge in [0, 0.05) is 24.7 Å². The molecule has 3 rings (SSSR count). The average molecular weight is 361 g/mol. The molecule has 1 fully saturated rings. The van der Waals surface area contributed by atoms with E-state index in [2.05, 4.69) is 9.72 Å². The van der Waals surface area contributed by atoms with Gasteiger partial charge in [-0.15, -0.1) is 13.2 Å². The fourth-order valence-electron chi connectivity index (χ4n) is 2.42.